The average Bonchev–Trinajstić information content (AvgIpc) is 3.34. The van der Waals surface area contributed by atoms with E-state index in [1.54, 1.807) is 0 Å². The lowest BCUT2D eigenvalue weighted by Gasteiger charge is -2.41. The van der Waals surface area contributed by atoms with Crippen molar-refractivity contribution >= 4 is 11.0 Å². The van der Waals surface area contributed by atoms with Crippen molar-refractivity contribution in [3.8, 4) is 11.1 Å². The second kappa shape index (κ2) is 7.33. The van der Waals surface area contributed by atoms with E-state index < -0.39 is 0 Å². The number of aromatic amines is 1. The molecule has 3 aromatic rings. The number of rotatable bonds is 3. The highest BCUT2D eigenvalue weighted by atomic mass is 15.3. The van der Waals surface area contributed by atoms with Crippen molar-refractivity contribution in [1.82, 2.24) is 29.5 Å². The maximum atomic E-state index is 4.73. The SMILES string of the molecule is CN1CCN(C2CCC(c3cnc4[nH]cc(-c5cnn(C)c5)c4c3)CC2)CC1. The minimum atomic E-state index is 0.636. The topological polar surface area (TPSA) is 53.0 Å². The lowest BCUT2D eigenvalue weighted by Crippen LogP contribution is -2.49. The van der Waals surface area contributed by atoms with Crippen molar-refractivity contribution in [2.45, 2.75) is 37.6 Å². The summed E-state index contributed by atoms with van der Waals surface area (Å²) in [7, 11) is 4.19. The summed E-state index contributed by atoms with van der Waals surface area (Å²) >= 11 is 0. The number of aryl methyl sites for hydroxylation is 1. The van der Waals surface area contributed by atoms with Gasteiger partial charge < -0.3 is 9.88 Å². The zero-order valence-corrected chi connectivity index (χ0v) is 16.9. The van der Waals surface area contributed by atoms with Crippen molar-refractivity contribution < 1.29 is 0 Å². The summed E-state index contributed by atoms with van der Waals surface area (Å²) < 4.78 is 1.85. The first kappa shape index (κ1) is 17.9. The Hall–Kier alpha value is -2.18. The summed E-state index contributed by atoms with van der Waals surface area (Å²) in [6.07, 6.45) is 13.3. The van der Waals surface area contributed by atoms with E-state index in [-0.39, 0.29) is 0 Å². The van der Waals surface area contributed by atoms with E-state index in [0.29, 0.717) is 5.92 Å². The van der Waals surface area contributed by atoms with E-state index in [1.807, 2.05) is 17.9 Å². The number of fused-ring (bicyclic) bond motifs is 1. The number of nitrogens with one attached hydrogen (secondary N) is 1. The normalized spacial score (nSPS) is 24.8. The summed E-state index contributed by atoms with van der Waals surface area (Å²) in [6.45, 7) is 4.89. The van der Waals surface area contributed by atoms with E-state index in [2.05, 4.69) is 51.6 Å². The Labute approximate surface area is 166 Å². The zero-order valence-electron chi connectivity index (χ0n) is 16.9. The fourth-order valence-electron chi connectivity index (χ4n) is 5.00. The minimum Gasteiger partial charge on any atom is -0.346 e. The van der Waals surface area contributed by atoms with E-state index in [9.17, 15) is 0 Å². The Balaban J connectivity index is 1.32. The predicted octanol–water partition coefficient (Wildman–Crippen LogP) is 3.24. The van der Waals surface area contributed by atoms with Gasteiger partial charge in [0.05, 0.1) is 6.20 Å². The molecule has 4 heterocycles. The molecule has 2 fully saturated rings. The van der Waals surface area contributed by atoms with E-state index in [0.717, 1.165) is 17.3 Å². The van der Waals surface area contributed by atoms with Crippen molar-refractivity contribution in [2.24, 2.45) is 7.05 Å². The summed E-state index contributed by atoms with van der Waals surface area (Å²) in [5.74, 6) is 0.636. The molecule has 1 saturated heterocycles. The van der Waals surface area contributed by atoms with Gasteiger partial charge in [0.1, 0.15) is 5.65 Å². The molecule has 0 spiro atoms. The molecule has 1 saturated carbocycles. The molecule has 28 heavy (non-hydrogen) atoms. The molecular formula is C22H30N6. The third-order valence-corrected chi connectivity index (χ3v) is 6.79. The quantitative estimate of drug-likeness (QED) is 0.760. The number of hydrogen-bond donors (Lipinski definition) is 1. The van der Waals surface area contributed by atoms with Crippen LogP contribution < -0.4 is 0 Å². The molecule has 5 rings (SSSR count). The van der Waals surface area contributed by atoms with Gasteiger partial charge in [0.25, 0.3) is 0 Å². The van der Waals surface area contributed by atoms with Crippen LogP contribution in [-0.4, -0.2) is 68.8 Å². The second-order valence-corrected chi connectivity index (χ2v) is 8.61. The molecule has 1 aliphatic heterocycles. The molecular weight excluding hydrogens is 348 g/mol. The molecule has 0 radical (unpaired) electrons. The standard InChI is InChI=1S/C22H30N6/c1-26-7-9-28(10-8-26)19-5-3-16(4-6-19)17-11-20-21(14-24-22(20)23-12-17)18-13-25-27(2)15-18/h11-16,19H,3-10H2,1-2H3,(H,23,24). The van der Waals surface area contributed by atoms with Gasteiger partial charge in [0.2, 0.25) is 0 Å². The molecule has 0 unspecified atom stereocenters. The van der Waals surface area contributed by atoms with Crippen LogP contribution in [0, 0.1) is 0 Å². The maximum absolute atomic E-state index is 4.73. The molecule has 6 heteroatoms. The van der Waals surface area contributed by atoms with E-state index >= 15 is 0 Å². The van der Waals surface area contributed by atoms with Gasteiger partial charge in [-0.1, -0.05) is 0 Å². The Kier molecular flexibility index (Phi) is 4.69. The van der Waals surface area contributed by atoms with Crippen molar-refractivity contribution in [3.05, 3.63) is 36.4 Å². The van der Waals surface area contributed by atoms with Crippen molar-refractivity contribution in [1.29, 1.82) is 0 Å². The third-order valence-electron chi connectivity index (χ3n) is 6.79. The predicted molar refractivity (Wildman–Crippen MR) is 112 cm³/mol. The van der Waals surface area contributed by atoms with Gasteiger partial charge in [-0.25, -0.2) is 4.98 Å². The molecule has 6 nitrogen and oxygen atoms in total. The lowest BCUT2D eigenvalue weighted by atomic mass is 9.81. The molecule has 0 amide bonds. The molecule has 0 bridgehead atoms. The molecule has 2 aliphatic rings. The maximum Gasteiger partial charge on any atom is 0.137 e. The second-order valence-electron chi connectivity index (χ2n) is 8.61. The summed E-state index contributed by atoms with van der Waals surface area (Å²) in [5.41, 5.74) is 4.71. The Morgan fingerprint density at radius 1 is 1.00 bits per heavy atom. The number of pyridine rings is 1. The van der Waals surface area contributed by atoms with E-state index in [1.165, 1.54) is 68.4 Å². The molecule has 1 N–H and O–H groups in total. The summed E-state index contributed by atoms with van der Waals surface area (Å²) in [4.78, 5) is 13.2. The van der Waals surface area contributed by atoms with Gasteiger partial charge in [-0.2, -0.15) is 5.10 Å². The monoisotopic (exact) mass is 378 g/mol. The first-order chi connectivity index (χ1) is 13.7. The molecule has 3 aromatic heterocycles. The number of likely N-dealkylation sites (N-methyl/N-ethyl adjacent to an activating group) is 1. The van der Waals surface area contributed by atoms with Crippen LogP contribution in [0.15, 0.2) is 30.9 Å². The Bertz CT molecular complexity index is 941. The van der Waals surface area contributed by atoms with Crippen LogP contribution in [-0.2, 0) is 7.05 Å². The fourth-order valence-corrected chi connectivity index (χ4v) is 5.00. The highest BCUT2D eigenvalue weighted by Gasteiger charge is 2.28. The van der Waals surface area contributed by atoms with Gasteiger partial charge in [-0.3, -0.25) is 9.58 Å². The minimum absolute atomic E-state index is 0.636. The van der Waals surface area contributed by atoms with Gasteiger partial charge >= 0.3 is 0 Å². The Morgan fingerprint density at radius 3 is 2.50 bits per heavy atom. The van der Waals surface area contributed by atoms with Gasteiger partial charge in [-0.05, 0) is 50.3 Å². The summed E-state index contributed by atoms with van der Waals surface area (Å²) in [5, 5.41) is 5.54. The molecule has 1 aliphatic carbocycles. The van der Waals surface area contributed by atoms with Crippen LogP contribution in [0.2, 0.25) is 0 Å². The van der Waals surface area contributed by atoms with Crippen LogP contribution in [0.5, 0.6) is 0 Å². The molecule has 148 valence electrons. The van der Waals surface area contributed by atoms with E-state index in [4.69, 9.17) is 4.98 Å². The van der Waals surface area contributed by atoms with Gasteiger partial charge in [-0.15, -0.1) is 0 Å². The van der Waals surface area contributed by atoms with Gasteiger partial charge in [0.15, 0.2) is 0 Å². The zero-order chi connectivity index (χ0) is 19.1. The van der Waals surface area contributed by atoms with Crippen LogP contribution in [0.4, 0.5) is 0 Å². The number of aromatic nitrogens is 4. The number of nitrogens with zero attached hydrogens (tertiary/aromatic N) is 5. The van der Waals surface area contributed by atoms with Crippen LogP contribution >= 0.6 is 0 Å². The summed E-state index contributed by atoms with van der Waals surface area (Å²) in [6, 6.07) is 3.14. The number of piperazine rings is 1. The molecule has 0 atom stereocenters. The Morgan fingerprint density at radius 2 is 1.79 bits per heavy atom. The third kappa shape index (κ3) is 3.35. The lowest BCUT2D eigenvalue weighted by molar-refractivity contribution is 0.0878. The number of H-pyrrole nitrogens is 1. The van der Waals surface area contributed by atoms with Crippen LogP contribution in [0.3, 0.4) is 0 Å². The van der Waals surface area contributed by atoms with Crippen molar-refractivity contribution in [2.75, 3.05) is 33.2 Å². The number of hydrogen-bond acceptors (Lipinski definition) is 4. The highest BCUT2D eigenvalue weighted by Crippen LogP contribution is 2.37. The van der Waals surface area contributed by atoms with Gasteiger partial charge in [0, 0.05) is 74.4 Å². The average molecular weight is 379 g/mol. The fraction of sp³-hybridized carbons (Fsp3) is 0.545. The smallest absolute Gasteiger partial charge is 0.137 e. The van der Waals surface area contributed by atoms with Crippen molar-refractivity contribution in [3.63, 3.8) is 0 Å². The first-order valence-electron chi connectivity index (χ1n) is 10.6. The molecule has 0 aromatic carbocycles. The highest BCUT2D eigenvalue weighted by molar-refractivity contribution is 5.93. The first-order valence-corrected chi connectivity index (χ1v) is 10.6. The largest absolute Gasteiger partial charge is 0.346 e. The van der Waals surface area contributed by atoms with Crippen LogP contribution in [0.25, 0.3) is 22.2 Å². The van der Waals surface area contributed by atoms with Crippen LogP contribution in [0.1, 0.15) is 37.2 Å².